The Morgan fingerprint density at radius 3 is 2.85 bits per heavy atom. The van der Waals surface area contributed by atoms with Gasteiger partial charge >= 0.3 is 0 Å². The van der Waals surface area contributed by atoms with Crippen molar-refractivity contribution in [3.05, 3.63) is 29.3 Å². The second-order valence-corrected chi connectivity index (χ2v) is 5.14. The summed E-state index contributed by atoms with van der Waals surface area (Å²) in [6.07, 6.45) is 1.48. The van der Waals surface area contributed by atoms with Crippen LogP contribution in [0.5, 0.6) is 0 Å². The molecule has 0 aromatic heterocycles. The summed E-state index contributed by atoms with van der Waals surface area (Å²) in [5, 5.41) is 3.19. The largest absolute Gasteiger partial charge is 0.385 e. The van der Waals surface area contributed by atoms with Crippen LogP contribution in [0.3, 0.4) is 0 Å². The molecule has 0 unspecified atom stereocenters. The Morgan fingerprint density at radius 2 is 2.20 bits per heavy atom. The van der Waals surface area contributed by atoms with Crippen LogP contribution in [0.4, 0.5) is 5.69 Å². The average Bonchev–Trinajstić information content (AvgIpc) is 2.89. The van der Waals surface area contributed by atoms with Crippen LogP contribution in [-0.2, 0) is 4.79 Å². The Balaban J connectivity index is 2.32. The highest BCUT2D eigenvalue weighted by molar-refractivity contribution is 6.02. The maximum Gasteiger partial charge on any atom is 0.256 e. The Kier molecular flexibility index (Phi) is 4.27. The number of aryl methyl sites for hydroxylation is 1. The predicted molar refractivity (Wildman–Crippen MR) is 78.6 cm³/mol. The van der Waals surface area contributed by atoms with E-state index in [-0.39, 0.29) is 5.91 Å². The quantitative estimate of drug-likeness (QED) is 0.874. The monoisotopic (exact) mass is 275 g/mol. The van der Waals surface area contributed by atoms with Crippen LogP contribution >= 0.6 is 0 Å². The molecule has 108 valence electrons. The maximum atomic E-state index is 12.7. The number of carbonyl (C=O) groups excluding carboxylic acids is 2. The molecule has 0 spiro atoms. The van der Waals surface area contributed by atoms with Crippen molar-refractivity contribution < 1.29 is 9.59 Å². The SMILES string of the molecule is CCNc1ccc(C)cc1C(=O)N1CCC[C@@H]1C(N)=O. The molecule has 1 aliphatic rings. The van der Waals surface area contributed by atoms with E-state index in [1.54, 1.807) is 4.90 Å². The summed E-state index contributed by atoms with van der Waals surface area (Å²) in [7, 11) is 0. The molecular formula is C15H21N3O2. The Hall–Kier alpha value is -2.04. The van der Waals surface area contributed by atoms with E-state index in [1.807, 2.05) is 32.0 Å². The van der Waals surface area contributed by atoms with E-state index >= 15 is 0 Å². The summed E-state index contributed by atoms with van der Waals surface area (Å²) in [6.45, 7) is 5.26. The molecule has 0 saturated carbocycles. The zero-order chi connectivity index (χ0) is 14.7. The second kappa shape index (κ2) is 5.94. The first-order chi connectivity index (χ1) is 9.54. The number of hydrogen-bond donors (Lipinski definition) is 2. The third kappa shape index (κ3) is 2.76. The molecule has 1 aromatic rings. The molecular weight excluding hydrogens is 254 g/mol. The molecule has 0 aliphatic carbocycles. The maximum absolute atomic E-state index is 12.7. The molecule has 1 fully saturated rings. The van der Waals surface area contributed by atoms with E-state index in [4.69, 9.17) is 5.73 Å². The van der Waals surface area contributed by atoms with Gasteiger partial charge in [0.1, 0.15) is 6.04 Å². The Morgan fingerprint density at radius 1 is 1.45 bits per heavy atom. The molecule has 1 aromatic carbocycles. The molecule has 0 radical (unpaired) electrons. The number of anilines is 1. The van der Waals surface area contributed by atoms with Gasteiger partial charge in [-0.1, -0.05) is 11.6 Å². The summed E-state index contributed by atoms with van der Waals surface area (Å²) in [5.74, 6) is -0.542. The van der Waals surface area contributed by atoms with Gasteiger partial charge in [0.15, 0.2) is 0 Å². The lowest BCUT2D eigenvalue weighted by atomic mass is 10.1. The highest BCUT2D eigenvalue weighted by atomic mass is 16.2. The second-order valence-electron chi connectivity index (χ2n) is 5.14. The van der Waals surface area contributed by atoms with Crippen LogP contribution in [0.1, 0.15) is 35.7 Å². The lowest BCUT2D eigenvalue weighted by Crippen LogP contribution is -2.43. The van der Waals surface area contributed by atoms with Crippen LogP contribution in [0.25, 0.3) is 0 Å². The average molecular weight is 275 g/mol. The Labute approximate surface area is 119 Å². The summed E-state index contributed by atoms with van der Waals surface area (Å²) in [5.41, 5.74) is 7.82. The third-order valence-electron chi connectivity index (χ3n) is 3.61. The molecule has 1 heterocycles. The van der Waals surface area contributed by atoms with Crippen LogP contribution in [0.15, 0.2) is 18.2 Å². The number of nitrogens with one attached hydrogen (secondary N) is 1. The van der Waals surface area contributed by atoms with Crippen molar-refractivity contribution in [3.8, 4) is 0 Å². The van der Waals surface area contributed by atoms with E-state index in [0.717, 1.165) is 24.2 Å². The fraction of sp³-hybridized carbons (Fsp3) is 0.467. The normalized spacial score (nSPS) is 18.1. The molecule has 5 heteroatoms. The number of primary amides is 1. The van der Waals surface area contributed by atoms with Gasteiger partial charge < -0.3 is 16.0 Å². The summed E-state index contributed by atoms with van der Waals surface area (Å²) >= 11 is 0. The lowest BCUT2D eigenvalue weighted by molar-refractivity contribution is -0.121. The van der Waals surface area contributed by atoms with Crippen molar-refractivity contribution in [2.24, 2.45) is 5.73 Å². The van der Waals surface area contributed by atoms with Crippen LogP contribution in [0.2, 0.25) is 0 Å². The van der Waals surface area contributed by atoms with Crippen molar-refractivity contribution in [3.63, 3.8) is 0 Å². The van der Waals surface area contributed by atoms with E-state index in [9.17, 15) is 9.59 Å². The summed E-state index contributed by atoms with van der Waals surface area (Å²) in [6, 6.07) is 5.25. The van der Waals surface area contributed by atoms with E-state index in [2.05, 4.69) is 5.32 Å². The first kappa shape index (κ1) is 14.4. The Bertz CT molecular complexity index is 528. The van der Waals surface area contributed by atoms with E-state index in [1.165, 1.54) is 0 Å². The molecule has 1 atom stereocenters. The molecule has 0 bridgehead atoms. The van der Waals surface area contributed by atoms with Gasteiger partial charge in [-0.15, -0.1) is 0 Å². The lowest BCUT2D eigenvalue weighted by Gasteiger charge is -2.23. The van der Waals surface area contributed by atoms with Gasteiger partial charge in [0.05, 0.1) is 5.56 Å². The van der Waals surface area contributed by atoms with Crippen molar-refractivity contribution in [1.29, 1.82) is 0 Å². The smallest absolute Gasteiger partial charge is 0.256 e. The van der Waals surface area contributed by atoms with Gasteiger partial charge in [-0.2, -0.15) is 0 Å². The highest BCUT2D eigenvalue weighted by Crippen LogP contribution is 2.24. The van der Waals surface area contributed by atoms with Gasteiger partial charge in [-0.3, -0.25) is 9.59 Å². The third-order valence-corrected chi connectivity index (χ3v) is 3.61. The number of benzene rings is 1. The zero-order valence-corrected chi connectivity index (χ0v) is 12.0. The topological polar surface area (TPSA) is 75.4 Å². The molecule has 1 aliphatic heterocycles. The predicted octanol–water partition coefficient (Wildman–Crippen LogP) is 1.52. The van der Waals surface area contributed by atoms with E-state index in [0.29, 0.717) is 18.5 Å². The van der Waals surface area contributed by atoms with Crippen molar-refractivity contribution in [2.45, 2.75) is 32.7 Å². The van der Waals surface area contributed by atoms with Gasteiger partial charge in [0.2, 0.25) is 5.91 Å². The summed E-state index contributed by atoms with van der Waals surface area (Å²) < 4.78 is 0. The standard InChI is InChI=1S/C15H21N3O2/c1-3-17-12-7-6-10(2)9-11(12)15(20)18-8-4-5-13(18)14(16)19/h6-7,9,13,17H,3-5,8H2,1-2H3,(H2,16,19)/t13-/m1/s1. The van der Waals surface area contributed by atoms with Crippen LogP contribution < -0.4 is 11.1 Å². The highest BCUT2D eigenvalue weighted by Gasteiger charge is 2.33. The van der Waals surface area contributed by atoms with Gasteiger partial charge in [0.25, 0.3) is 5.91 Å². The fourth-order valence-electron chi connectivity index (χ4n) is 2.64. The number of rotatable bonds is 4. The van der Waals surface area contributed by atoms with Gasteiger partial charge in [0, 0.05) is 18.8 Å². The number of amides is 2. The number of nitrogens with zero attached hydrogens (tertiary/aromatic N) is 1. The summed E-state index contributed by atoms with van der Waals surface area (Å²) in [4.78, 5) is 25.7. The first-order valence-electron chi connectivity index (χ1n) is 6.99. The molecule has 1 saturated heterocycles. The zero-order valence-electron chi connectivity index (χ0n) is 12.0. The fourth-order valence-corrected chi connectivity index (χ4v) is 2.64. The molecule has 2 rings (SSSR count). The molecule has 3 N–H and O–H groups in total. The minimum Gasteiger partial charge on any atom is -0.385 e. The number of hydrogen-bond acceptors (Lipinski definition) is 3. The van der Waals surface area contributed by atoms with Crippen LogP contribution in [0, 0.1) is 6.92 Å². The minimum atomic E-state index is -0.475. The number of carbonyl (C=O) groups is 2. The first-order valence-corrected chi connectivity index (χ1v) is 6.99. The van der Waals surface area contributed by atoms with Crippen molar-refractivity contribution in [1.82, 2.24) is 4.90 Å². The number of likely N-dealkylation sites (tertiary alicyclic amines) is 1. The molecule has 2 amide bonds. The van der Waals surface area contributed by atoms with Gasteiger partial charge in [-0.05, 0) is 38.8 Å². The van der Waals surface area contributed by atoms with Crippen molar-refractivity contribution in [2.75, 3.05) is 18.4 Å². The van der Waals surface area contributed by atoms with Crippen LogP contribution in [-0.4, -0.2) is 35.8 Å². The minimum absolute atomic E-state index is 0.119. The molecule has 5 nitrogen and oxygen atoms in total. The van der Waals surface area contributed by atoms with Crippen molar-refractivity contribution >= 4 is 17.5 Å². The van der Waals surface area contributed by atoms with E-state index < -0.39 is 11.9 Å². The van der Waals surface area contributed by atoms with Gasteiger partial charge in [-0.25, -0.2) is 0 Å². The molecule has 20 heavy (non-hydrogen) atoms. The number of nitrogens with two attached hydrogens (primary N) is 1.